The van der Waals surface area contributed by atoms with Gasteiger partial charge in [0.05, 0.1) is 0 Å². The summed E-state index contributed by atoms with van der Waals surface area (Å²) >= 11 is 2.04. The van der Waals surface area contributed by atoms with E-state index >= 15 is 0 Å². The third-order valence-corrected chi connectivity index (χ3v) is 13.0. The van der Waals surface area contributed by atoms with E-state index in [1.54, 1.807) is 4.50 Å². The van der Waals surface area contributed by atoms with E-state index in [9.17, 15) is 0 Å². The predicted molar refractivity (Wildman–Crippen MR) is 79.7 cm³/mol. The van der Waals surface area contributed by atoms with Gasteiger partial charge in [0.25, 0.3) is 0 Å². The molecule has 1 aromatic heterocycles. The molecule has 0 N–H and O–H groups in total. The van der Waals surface area contributed by atoms with Gasteiger partial charge in [-0.15, -0.1) is 0 Å². The number of rotatable bonds is 4. The quantitative estimate of drug-likeness (QED) is 0.668. The minimum absolute atomic E-state index is 0.825. The van der Waals surface area contributed by atoms with Crippen molar-refractivity contribution in [1.82, 2.24) is 0 Å². The zero-order chi connectivity index (χ0) is 12.5. The summed E-state index contributed by atoms with van der Waals surface area (Å²) < 4.78 is 1.71. The Balaban J connectivity index is 3.33. The first kappa shape index (κ1) is 14.0. The highest BCUT2D eigenvalue weighted by atomic mass is 32.1. The normalized spacial score (nSPS) is 13.1. The zero-order valence-electron chi connectivity index (χ0n) is 11.8. The fourth-order valence-electron chi connectivity index (χ4n) is 3.52. The van der Waals surface area contributed by atoms with Crippen LogP contribution in [-0.4, -0.2) is 8.07 Å². The summed E-state index contributed by atoms with van der Waals surface area (Å²) in [6.45, 7) is 16.8. The predicted octanol–water partition coefficient (Wildman–Crippen LogP) is 4.94. The molecular formula is C14H26SSi. The minimum Gasteiger partial charge on any atom is -0.150 e. The summed E-state index contributed by atoms with van der Waals surface area (Å²) in [5, 5.41) is 0. The Morgan fingerprint density at radius 3 is 1.56 bits per heavy atom. The molecule has 0 amide bonds. The van der Waals surface area contributed by atoms with Crippen molar-refractivity contribution in [2.75, 3.05) is 0 Å². The third-order valence-electron chi connectivity index (χ3n) is 4.03. The molecule has 16 heavy (non-hydrogen) atoms. The zero-order valence-corrected chi connectivity index (χ0v) is 13.6. The van der Waals surface area contributed by atoms with Crippen molar-refractivity contribution >= 4 is 23.9 Å². The monoisotopic (exact) mass is 254 g/mol. The van der Waals surface area contributed by atoms with Gasteiger partial charge in [-0.25, -0.2) is 0 Å². The highest BCUT2D eigenvalue weighted by molar-refractivity contribution is 7.27. The molecule has 0 atom stereocenters. The molecule has 0 aliphatic heterocycles. The molecule has 2 heteroatoms. The Labute approximate surface area is 106 Å². The van der Waals surface area contributed by atoms with Gasteiger partial charge in [-0.2, -0.15) is 11.3 Å². The van der Waals surface area contributed by atoms with Crippen LogP contribution in [0.25, 0.3) is 0 Å². The Kier molecular flexibility index (Phi) is 4.41. The summed E-state index contributed by atoms with van der Waals surface area (Å²) in [7, 11) is -1.36. The van der Waals surface area contributed by atoms with Gasteiger partial charge in [0.2, 0.25) is 0 Å². The molecule has 0 nitrogen and oxygen atoms in total. The van der Waals surface area contributed by atoms with E-state index in [0.29, 0.717) is 0 Å². The first-order valence-corrected chi connectivity index (χ1v) is 9.45. The Bertz CT molecular complexity index is 314. The van der Waals surface area contributed by atoms with Crippen molar-refractivity contribution < 1.29 is 0 Å². The molecule has 92 valence electrons. The van der Waals surface area contributed by atoms with Gasteiger partial charge in [0.1, 0.15) is 8.07 Å². The second-order valence-electron chi connectivity index (χ2n) is 5.81. The average Bonchev–Trinajstić information content (AvgIpc) is 2.50. The van der Waals surface area contributed by atoms with Crippen LogP contribution in [0.4, 0.5) is 0 Å². The Morgan fingerprint density at radius 2 is 1.31 bits per heavy atom. The molecule has 0 spiro atoms. The molecule has 0 bridgehead atoms. The van der Waals surface area contributed by atoms with Gasteiger partial charge in [0, 0.05) is 4.88 Å². The fraction of sp³-hybridized carbons (Fsp3) is 0.714. The lowest BCUT2D eigenvalue weighted by Gasteiger charge is -2.42. The maximum atomic E-state index is 2.43. The van der Waals surface area contributed by atoms with Gasteiger partial charge in [-0.3, -0.25) is 0 Å². The largest absolute Gasteiger partial charge is 0.150 e. The number of hydrogen-bond donors (Lipinski definition) is 0. The van der Waals surface area contributed by atoms with E-state index < -0.39 is 8.07 Å². The molecule has 0 saturated heterocycles. The average molecular weight is 255 g/mol. The Morgan fingerprint density at radius 1 is 0.875 bits per heavy atom. The lowest BCUT2D eigenvalue weighted by atomic mass is 10.5. The molecule has 0 aromatic carbocycles. The summed E-state index contributed by atoms with van der Waals surface area (Å²) in [4.78, 5) is 1.47. The molecule has 0 radical (unpaired) electrons. The topological polar surface area (TPSA) is 0 Å². The van der Waals surface area contributed by atoms with Crippen LogP contribution in [-0.2, 0) is 0 Å². The second-order valence-corrected chi connectivity index (χ2v) is 13.3. The maximum Gasteiger partial charge on any atom is 0.107 e. The molecule has 1 heterocycles. The van der Waals surface area contributed by atoms with E-state index in [0.717, 1.165) is 16.6 Å². The number of hydrogen-bond acceptors (Lipinski definition) is 1. The van der Waals surface area contributed by atoms with E-state index in [1.165, 1.54) is 4.88 Å². The van der Waals surface area contributed by atoms with Gasteiger partial charge in [-0.05, 0) is 34.1 Å². The summed E-state index contributed by atoms with van der Waals surface area (Å²) in [6.07, 6.45) is 0. The maximum absolute atomic E-state index is 2.43. The molecule has 1 rings (SSSR count). The first-order valence-electron chi connectivity index (χ1n) is 6.40. The molecule has 0 fully saturated rings. The van der Waals surface area contributed by atoms with Gasteiger partial charge in [-0.1, -0.05) is 47.6 Å². The Hall–Kier alpha value is -0.0831. The van der Waals surface area contributed by atoms with E-state index in [2.05, 4.69) is 60.6 Å². The van der Waals surface area contributed by atoms with Gasteiger partial charge < -0.3 is 0 Å². The lowest BCUT2D eigenvalue weighted by molar-refractivity contribution is 0.837. The SMILES string of the molecule is Cc1ccc([Si](C(C)C)(C(C)C)C(C)C)s1. The van der Waals surface area contributed by atoms with E-state index in [-0.39, 0.29) is 0 Å². The molecule has 1 aromatic rings. The number of thiophene rings is 1. The van der Waals surface area contributed by atoms with Crippen LogP contribution in [0.1, 0.15) is 46.4 Å². The first-order chi connectivity index (χ1) is 7.33. The van der Waals surface area contributed by atoms with Crippen molar-refractivity contribution in [2.45, 2.75) is 65.1 Å². The van der Waals surface area contributed by atoms with Crippen LogP contribution < -0.4 is 4.50 Å². The highest BCUT2D eigenvalue weighted by Crippen LogP contribution is 2.42. The van der Waals surface area contributed by atoms with Crippen LogP contribution >= 0.6 is 11.3 Å². The molecule has 0 saturated carbocycles. The van der Waals surface area contributed by atoms with Crippen LogP contribution in [0.2, 0.25) is 16.6 Å². The van der Waals surface area contributed by atoms with Crippen molar-refractivity contribution in [2.24, 2.45) is 0 Å². The van der Waals surface area contributed by atoms with Crippen molar-refractivity contribution in [3.8, 4) is 0 Å². The molecule has 0 aliphatic rings. The highest BCUT2D eigenvalue weighted by Gasteiger charge is 2.45. The molecule has 0 unspecified atom stereocenters. The van der Waals surface area contributed by atoms with Crippen LogP contribution in [0.5, 0.6) is 0 Å². The van der Waals surface area contributed by atoms with E-state index in [1.807, 2.05) is 11.3 Å². The van der Waals surface area contributed by atoms with Crippen molar-refractivity contribution in [3.63, 3.8) is 0 Å². The second kappa shape index (κ2) is 5.05. The lowest BCUT2D eigenvalue weighted by Crippen LogP contribution is -2.54. The van der Waals surface area contributed by atoms with Gasteiger partial charge >= 0.3 is 0 Å². The third kappa shape index (κ3) is 2.14. The fourth-order valence-corrected chi connectivity index (χ4v) is 13.5. The summed E-state index contributed by atoms with van der Waals surface area (Å²) in [5.41, 5.74) is 2.47. The van der Waals surface area contributed by atoms with E-state index in [4.69, 9.17) is 0 Å². The van der Waals surface area contributed by atoms with Crippen LogP contribution in [0.15, 0.2) is 12.1 Å². The smallest absolute Gasteiger partial charge is 0.107 e. The molecular weight excluding hydrogens is 228 g/mol. The standard InChI is InChI=1S/C14H26SSi/c1-10(2)16(11(3)4,12(5)6)14-9-8-13(7)15-14/h8-12H,1-7H3. The minimum atomic E-state index is -1.36. The van der Waals surface area contributed by atoms with Crippen LogP contribution in [0.3, 0.4) is 0 Å². The summed E-state index contributed by atoms with van der Waals surface area (Å²) in [5.74, 6) is 0. The van der Waals surface area contributed by atoms with Crippen LogP contribution in [0, 0.1) is 6.92 Å². The molecule has 0 aliphatic carbocycles. The van der Waals surface area contributed by atoms with Crippen molar-refractivity contribution in [1.29, 1.82) is 0 Å². The number of aryl methyl sites for hydroxylation is 1. The summed E-state index contributed by atoms with van der Waals surface area (Å²) in [6, 6.07) is 4.71. The van der Waals surface area contributed by atoms with Gasteiger partial charge in [0.15, 0.2) is 0 Å². The van der Waals surface area contributed by atoms with Crippen molar-refractivity contribution in [3.05, 3.63) is 17.0 Å².